The maximum absolute atomic E-state index is 10.8. The van der Waals surface area contributed by atoms with Crippen LogP contribution in [-0.2, 0) is 4.79 Å². The van der Waals surface area contributed by atoms with Gasteiger partial charge in [0.2, 0.25) is 0 Å². The Balaban J connectivity index is 2.36. The molecule has 2 aliphatic carbocycles. The van der Waals surface area contributed by atoms with Crippen molar-refractivity contribution in [2.45, 2.75) is 27.2 Å². The van der Waals surface area contributed by atoms with Gasteiger partial charge < -0.3 is 4.79 Å². The third kappa shape index (κ3) is 0.769. The highest BCUT2D eigenvalue weighted by molar-refractivity contribution is 5.58. The quantitative estimate of drug-likeness (QED) is 0.429. The van der Waals surface area contributed by atoms with Crippen molar-refractivity contribution in [3.8, 4) is 0 Å². The van der Waals surface area contributed by atoms with Crippen LogP contribution in [0.15, 0.2) is 11.6 Å². The molecule has 2 aliphatic rings. The van der Waals surface area contributed by atoms with Crippen molar-refractivity contribution < 1.29 is 4.79 Å². The number of allylic oxidation sites excluding steroid dienone is 2. The average molecular weight is 164 g/mol. The predicted molar refractivity (Wildman–Crippen MR) is 48.7 cm³/mol. The molecule has 3 atom stereocenters. The lowest BCUT2D eigenvalue weighted by Gasteiger charge is -2.25. The summed E-state index contributed by atoms with van der Waals surface area (Å²) >= 11 is 0. The van der Waals surface area contributed by atoms with Gasteiger partial charge in [-0.3, -0.25) is 0 Å². The van der Waals surface area contributed by atoms with E-state index < -0.39 is 0 Å². The van der Waals surface area contributed by atoms with Crippen molar-refractivity contribution in [1.29, 1.82) is 0 Å². The van der Waals surface area contributed by atoms with Gasteiger partial charge >= 0.3 is 0 Å². The highest BCUT2D eigenvalue weighted by atomic mass is 16.1. The second-order valence-corrected chi connectivity index (χ2v) is 4.85. The Kier molecular flexibility index (Phi) is 1.48. The molecule has 0 saturated heterocycles. The van der Waals surface area contributed by atoms with E-state index in [4.69, 9.17) is 0 Å². The Labute approximate surface area is 73.8 Å². The number of carbonyl (C=O) groups excluding carboxylic acids is 1. The number of aldehydes is 1. The largest absolute Gasteiger partial charge is 0.303 e. The van der Waals surface area contributed by atoms with Crippen LogP contribution >= 0.6 is 0 Å². The van der Waals surface area contributed by atoms with E-state index in [2.05, 4.69) is 26.8 Å². The molecule has 0 aromatic heterocycles. The summed E-state index contributed by atoms with van der Waals surface area (Å²) in [5.41, 5.74) is 1.85. The number of rotatable bonds is 1. The number of fused-ring (bicyclic) bond motifs is 2. The van der Waals surface area contributed by atoms with Gasteiger partial charge in [0.1, 0.15) is 6.29 Å². The fraction of sp³-hybridized carbons (Fsp3) is 0.727. The zero-order chi connectivity index (χ0) is 8.93. The van der Waals surface area contributed by atoms with E-state index in [1.54, 1.807) is 0 Å². The molecule has 1 nitrogen and oxygen atoms in total. The molecule has 1 saturated carbocycles. The fourth-order valence-electron chi connectivity index (χ4n) is 3.16. The molecule has 1 heteroatoms. The Hall–Kier alpha value is -0.590. The molecule has 0 aromatic carbocycles. The maximum Gasteiger partial charge on any atom is 0.123 e. The summed E-state index contributed by atoms with van der Waals surface area (Å²) in [6.45, 7) is 6.78. The zero-order valence-corrected chi connectivity index (χ0v) is 8.00. The molecule has 0 aliphatic heterocycles. The van der Waals surface area contributed by atoms with Crippen LogP contribution in [0.25, 0.3) is 0 Å². The first-order valence-corrected chi connectivity index (χ1v) is 4.71. The van der Waals surface area contributed by atoms with E-state index >= 15 is 0 Å². The number of hydrogen-bond donors (Lipinski definition) is 0. The second-order valence-electron chi connectivity index (χ2n) is 4.85. The molecule has 66 valence electrons. The minimum Gasteiger partial charge on any atom is -0.303 e. The first-order valence-electron chi connectivity index (χ1n) is 4.71. The molecule has 12 heavy (non-hydrogen) atoms. The van der Waals surface area contributed by atoms with Gasteiger partial charge in [-0.05, 0) is 30.6 Å². The first-order chi connectivity index (χ1) is 5.57. The van der Waals surface area contributed by atoms with E-state index in [1.165, 1.54) is 5.57 Å². The molecule has 2 bridgehead atoms. The summed E-state index contributed by atoms with van der Waals surface area (Å²) in [6.07, 6.45) is 4.55. The SMILES string of the molecule is CC1=CC2C(C=O)CC1C2(C)C. The van der Waals surface area contributed by atoms with Crippen molar-refractivity contribution in [3.63, 3.8) is 0 Å². The fourth-order valence-corrected chi connectivity index (χ4v) is 3.16. The van der Waals surface area contributed by atoms with Gasteiger partial charge in [0.25, 0.3) is 0 Å². The zero-order valence-electron chi connectivity index (χ0n) is 8.00. The lowest BCUT2D eigenvalue weighted by Crippen LogP contribution is -2.20. The summed E-state index contributed by atoms with van der Waals surface area (Å²) in [6, 6.07) is 0. The Morgan fingerprint density at radius 3 is 2.58 bits per heavy atom. The van der Waals surface area contributed by atoms with Crippen LogP contribution in [0.2, 0.25) is 0 Å². The van der Waals surface area contributed by atoms with Crippen LogP contribution in [-0.4, -0.2) is 6.29 Å². The molecule has 3 unspecified atom stereocenters. The molecule has 0 aromatic rings. The molecule has 0 N–H and O–H groups in total. The van der Waals surface area contributed by atoms with Crippen molar-refractivity contribution >= 4 is 6.29 Å². The maximum atomic E-state index is 10.8. The van der Waals surface area contributed by atoms with Crippen LogP contribution in [0, 0.1) is 23.2 Å². The molecular formula is C11H16O. The van der Waals surface area contributed by atoms with Crippen LogP contribution in [0.5, 0.6) is 0 Å². The molecule has 1 fully saturated rings. The highest BCUT2D eigenvalue weighted by Gasteiger charge is 2.52. The molecular weight excluding hydrogens is 148 g/mol. The molecule has 2 rings (SSSR count). The lowest BCUT2D eigenvalue weighted by atomic mass is 9.79. The molecule has 0 amide bonds. The highest BCUT2D eigenvalue weighted by Crippen LogP contribution is 2.58. The molecule has 0 spiro atoms. The summed E-state index contributed by atoms with van der Waals surface area (Å²) < 4.78 is 0. The predicted octanol–water partition coefficient (Wildman–Crippen LogP) is 2.42. The Bertz CT molecular complexity index is 250. The minimum atomic E-state index is 0.300. The third-order valence-electron chi connectivity index (χ3n) is 3.89. The van der Waals surface area contributed by atoms with Crippen molar-refractivity contribution in [3.05, 3.63) is 11.6 Å². The first kappa shape index (κ1) is 8.03. The summed E-state index contributed by atoms with van der Waals surface area (Å²) in [5.74, 6) is 1.48. The van der Waals surface area contributed by atoms with Crippen LogP contribution in [0.1, 0.15) is 27.2 Å². The van der Waals surface area contributed by atoms with E-state index in [-0.39, 0.29) is 0 Å². The van der Waals surface area contributed by atoms with Gasteiger partial charge in [-0.25, -0.2) is 0 Å². The standard InChI is InChI=1S/C11H16O/c1-7-4-10-8(6-12)5-9(7)11(10,2)3/h4,6,8-10H,5H2,1-3H3. The number of carbonyl (C=O) groups is 1. The minimum absolute atomic E-state index is 0.300. The van der Waals surface area contributed by atoms with Crippen molar-refractivity contribution in [1.82, 2.24) is 0 Å². The van der Waals surface area contributed by atoms with Crippen molar-refractivity contribution in [2.75, 3.05) is 0 Å². The second kappa shape index (κ2) is 2.21. The van der Waals surface area contributed by atoms with Crippen LogP contribution < -0.4 is 0 Å². The summed E-state index contributed by atoms with van der Waals surface area (Å²) in [7, 11) is 0. The van der Waals surface area contributed by atoms with Gasteiger partial charge in [0, 0.05) is 5.92 Å². The summed E-state index contributed by atoms with van der Waals surface area (Å²) in [4.78, 5) is 10.8. The van der Waals surface area contributed by atoms with Gasteiger partial charge in [0.15, 0.2) is 0 Å². The summed E-state index contributed by atoms with van der Waals surface area (Å²) in [5, 5.41) is 0. The monoisotopic (exact) mass is 164 g/mol. The Morgan fingerprint density at radius 2 is 2.25 bits per heavy atom. The number of hydrogen-bond acceptors (Lipinski definition) is 1. The van der Waals surface area contributed by atoms with E-state index in [9.17, 15) is 4.79 Å². The Morgan fingerprint density at radius 1 is 1.58 bits per heavy atom. The average Bonchev–Trinajstić information content (AvgIpc) is 2.37. The van der Waals surface area contributed by atoms with Gasteiger partial charge in [-0.1, -0.05) is 25.5 Å². The smallest absolute Gasteiger partial charge is 0.123 e. The van der Waals surface area contributed by atoms with Gasteiger partial charge in [0.05, 0.1) is 0 Å². The third-order valence-corrected chi connectivity index (χ3v) is 3.89. The normalized spacial score (nSPS) is 42.9. The molecule has 0 radical (unpaired) electrons. The van der Waals surface area contributed by atoms with Gasteiger partial charge in [-0.2, -0.15) is 0 Å². The van der Waals surface area contributed by atoms with E-state index in [0.717, 1.165) is 12.7 Å². The lowest BCUT2D eigenvalue weighted by molar-refractivity contribution is -0.112. The van der Waals surface area contributed by atoms with Crippen LogP contribution in [0.4, 0.5) is 0 Å². The van der Waals surface area contributed by atoms with E-state index in [1.807, 2.05) is 0 Å². The van der Waals surface area contributed by atoms with Crippen molar-refractivity contribution in [2.24, 2.45) is 23.2 Å². The van der Waals surface area contributed by atoms with Gasteiger partial charge in [-0.15, -0.1) is 0 Å². The van der Waals surface area contributed by atoms with E-state index in [0.29, 0.717) is 23.2 Å². The molecule has 0 heterocycles. The topological polar surface area (TPSA) is 17.1 Å². The van der Waals surface area contributed by atoms with Crippen LogP contribution in [0.3, 0.4) is 0 Å².